The number of carbonyl (C=O) groups is 1. The van der Waals surface area contributed by atoms with Crippen LogP contribution in [0, 0.1) is 5.92 Å². The Morgan fingerprint density at radius 1 is 1.58 bits per heavy atom. The van der Waals surface area contributed by atoms with Crippen molar-refractivity contribution in [2.45, 2.75) is 32.4 Å². The van der Waals surface area contributed by atoms with Crippen LogP contribution in [0.3, 0.4) is 0 Å². The highest BCUT2D eigenvalue weighted by molar-refractivity contribution is 5.91. The normalized spacial score (nSPS) is 18.6. The number of nitrogens with zero attached hydrogens (tertiary/aromatic N) is 4. The van der Waals surface area contributed by atoms with E-state index in [9.17, 15) is 9.90 Å². The van der Waals surface area contributed by atoms with Crippen LogP contribution in [-0.4, -0.2) is 56.6 Å². The Morgan fingerprint density at radius 3 is 2.84 bits per heavy atom. The quantitative estimate of drug-likeness (QED) is 0.764. The number of aliphatic hydroxyl groups excluding tert-OH is 1. The summed E-state index contributed by atoms with van der Waals surface area (Å²) in [5, 5.41) is 17.3. The second kappa shape index (κ2) is 6.12. The molecule has 7 nitrogen and oxygen atoms in total. The fraction of sp³-hybridized carbons (Fsp3) is 0.750. The zero-order valence-electron chi connectivity index (χ0n) is 11.2. The molecule has 1 aromatic heterocycles. The molecule has 2 rings (SSSR count). The highest BCUT2D eigenvalue weighted by atomic mass is 16.3. The summed E-state index contributed by atoms with van der Waals surface area (Å²) >= 11 is 0. The summed E-state index contributed by atoms with van der Waals surface area (Å²) in [5.41, 5.74) is 5.79. The molecular formula is C12H21N5O2. The molecule has 0 spiro atoms. The van der Waals surface area contributed by atoms with Crippen LogP contribution >= 0.6 is 0 Å². The van der Waals surface area contributed by atoms with Crippen LogP contribution in [-0.2, 0) is 6.54 Å². The van der Waals surface area contributed by atoms with E-state index in [0.29, 0.717) is 31.9 Å². The molecule has 3 N–H and O–H groups in total. The van der Waals surface area contributed by atoms with Gasteiger partial charge in [-0.05, 0) is 25.7 Å². The van der Waals surface area contributed by atoms with Crippen molar-refractivity contribution in [3.05, 3.63) is 11.9 Å². The van der Waals surface area contributed by atoms with E-state index in [0.717, 1.165) is 12.8 Å². The Labute approximate surface area is 112 Å². The van der Waals surface area contributed by atoms with Crippen LogP contribution < -0.4 is 5.73 Å². The first-order valence-electron chi connectivity index (χ1n) is 6.69. The zero-order valence-corrected chi connectivity index (χ0v) is 11.2. The molecular weight excluding hydrogens is 246 g/mol. The first-order valence-corrected chi connectivity index (χ1v) is 6.69. The number of aromatic nitrogens is 3. The van der Waals surface area contributed by atoms with Gasteiger partial charge in [0.2, 0.25) is 0 Å². The van der Waals surface area contributed by atoms with Crippen molar-refractivity contribution in [3.63, 3.8) is 0 Å². The Balaban J connectivity index is 1.93. The molecule has 2 heterocycles. The van der Waals surface area contributed by atoms with E-state index in [1.165, 1.54) is 0 Å². The maximum absolute atomic E-state index is 12.2. The summed E-state index contributed by atoms with van der Waals surface area (Å²) in [4.78, 5) is 14.0. The van der Waals surface area contributed by atoms with E-state index in [2.05, 4.69) is 10.3 Å². The van der Waals surface area contributed by atoms with Gasteiger partial charge >= 0.3 is 0 Å². The molecule has 1 amide bonds. The van der Waals surface area contributed by atoms with Crippen LogP contribution in [0.15, 0.2) is 6.20 Å². The molecule has 1 saturated heterocycles. The number of carbonyl (C=O) groups excluding carboxylic acids is 1. The number of piperidine rings is 1. The molecule has 0 aliphatic carbocycles. The van der Waals surface area contributed by atoms with E-state index in [1.54, 1.807) is 22.7 Å². The third-order valence-corrected chi connectivity index (χ3v) is 3.63. The van der Waals surface area contributed by atoms with E-state index < -0.39 is 0 Å². The first kappa shape index (κ1) is 14.0. The fourth-order valence-electron chi connectivity index (χ4n) is 2.38. The predicted octanol–water partition coefficient (Wildman–Crippen LogP) is -0.530. The molecule has 1 unspecified atom stereocenters. The largest absolute Gasteiger partial charge is 0.393 e. The van der Waals surface area contributed by atoms with E-state index in [-0.39, 0.29) is 17.9 Å². The van der Waals surface area contributed by atoms with E-state index in [1.807, 2.05) is 0 Å². The van der Waals surface area contributed by atoms with Crippen LogP contribution in [0.2, 0.25) is 0 Å². The van der Waals surface area contributed by atoms with Crippen molar-refractivity contribution >= 4 is 5.91 Å². The van der Waals surface area contributed by atoms with Crippen molar-refractivity contribution in [1.29, 1.82) is 0 Å². The number of aliphatic hydroxyl groups is 1. The van der Waals surface area contributed by atoms with E-state index >= 15 is 0 Å². The number of hydrogen-bond acceptors (Lipinski definition) is 5. The van der Waals surface area contributed by atoms with Gasteiger partial charge in [0, 0.05) is 19.6 Å². The highest BCUT2D eigenvalue weighted by Gasteiger charge is 2.27. The van der Waals surface area contributed by atoms with Crippen LogP contribution in [0.1, 0.15) is 30.3 Å². The number of nitrogens with two attached hydrogens (primary N) is 1. The van der Waals surface area contributed by atoms with Gasteiger partial charge in [-0.3, -0.25) is 9.48 Å². The summed E-state index contributed by atoms with van der Waals surface area (Å²) in [5.74, 6) is 0.198. The third-order valence-electron chi connectivity index (χ3n) is 3.63. The van der Waals surface area contributed by atoms with Gasteiger partial charge in [-0.15, -0.1) is 5.10 Å². The number of likely N-dealkylation sites (tertiary alicyclic amines) is 1. The van der Waals surface area contributed by atoms with Crippen LogP contribution in [0.4, 0.5) is 0 Å². The Hall–Kier alpha value is -1.47. The molecule has 0 bridgehead atoms. The second-order valence-corrected chi connectivity index (χ2v) is 5.03. The standard InChI is InChI=1S/C12H21N5O2/c1-9(18)10-2-5-16(6-3-10)12(19)11-8-17(7-4-13)15-14-11/h8-10,18H,2-7,13H2,1H3. The molecule has 1 atom stereocenters. The Bertz CT molecular complexity index is 424. The van der Waals surface area contributed by atoms with Gasteiger partial charge in [0.15, 0.2) is 5.69 Å². The lowest BCUT2D eigenvalue weighted by Crippen LogP contribution is -2.40. The van der Waals surface area contributed by atoms with Gasteiger partial charge in [0.05, 0.1) is 18.8 Å². The van der Waals surface area contributed by atoms with Crippen molar-refractivity contribution in [2.75, 3.05) is 19.6 Å². The minimum Gasteiger partial charge on any atom is -0.393 e. The monoisotopic (exact) mass is 267 g/mol. The minimum absolute atomic E-state index is 0.0904. The summed E-state index contributed by atoms with van der Waals surface area (Å²) in [6, 6.07) is 0. The fourth-order valence-corrected chi connectivity index (χ4v) is 2.38. The molecule has 7 heteroatoms. The molecule has 1 aliphatic heterocycles. The number of rotatable bonds is 4. The highest BCUT2D eigenvalue weighted by Crippen LogP contribution is 2.21. The van der Waals surface area contributed by atoms with Gasteiger partial charge in [0.1, 0.15) is 0 Å². The Morgan fingerprint density at radius 2 is 2.26 bits per heavy atom. The molecule has 0 saturated carbocycles. The van der Waals surface area contributed by atoms with Crippen molar-refractivity contribution in [2.24, 2.45) is 11.7 Å². The SMILES string of the molecule is CC(O)C1CCN(C(=O)c2cn(CCN)nn2)CC1. The summed E-state index contributed by atoms with van der Waals surface area (Å²) in [6.07, 6.45) is 3.00. The number of amides is 1. The predicted molar refractivity (Wildman–Crippen MR) is 69.4 cm³/mol. The van der Waals surface area contributed by atoms with E-state index in [4.69, 9.17) is 5.73 Å². The lowest BCUT2D eigenvalue weighted by atomic mass is 9.92. The minimum atomic E-state index is -0.303. The Kier molecular flexibility index (Phi) is 4.49. The average molecular weight is 267 g/mol. The summed E-state index contributed by atoms with van der Waals surface area (Å²) in [7, 11) is 0. The molecule has 1 aromatic rings. The van der Waals surface area contributed by atoms with Crippen molar-refractivity contribution in [1.82, 2.24) is 19.9 Å². The van der Waals surface area contributed by atoms with Gasteiger partial charge in [-0.1, -0.05) is 5.21 Å². The molecule has 1 aliphatic rings. The van der Waals surface area contributed by atoms with Gasteiger partial charge in [0.25, 0.3) is 5.91 Å². The lowest BCUT2D eigenvalue weighted by Gasteiger charge is -2.32. The molecule has 19 heavy (non-hydrogen) atoms. The topological polar surface area (TPSA) is 97.3 Å². The van der Waals surface area contributed by atoms with Gasteiger partial charge in [-0.2, -0.15) is 0 Å². The first-order chi connectivity index (χ1) is 9.11. The average Bonchev–Trinajstić information content (AvgIpc) is 2.87. The van der Waals surface area contributed by atoms with Crippen LogP contribution in [0.5, 0.6) is 0 Å². The molecule has 1 fully saturated rings. The third kappa shape index (κ3) is 3.30. The molecule has 0 radical (unpaired) electrons. The maximum Gasteiger partial charge on any atom is 0.276 e. The summed E-state index contributed by atoms with van der Waals surface area (Å²) in [6.45, 7) is 4.16. The second-order valence-electron chi connectivity index (χ2n) is 5.03. The lowest BCUT2D eigenvalue weighted by molar-refractivity contribution is 0.0517. The number of hydrogen-bond donors (Lipinski definition) is 2. The molecule has 0 aromatic carbocycles. The van der Waals surface area contributed by atoms with Crippen molar-refractivity contribution < 1.29 is 9.90 Å². The van der Waals surface area contributed by atoms with Gasteiger partial charge in [-0.25, -0.2) is 0 Å². The smallest absolute Gasteiger partial charge is 0.276 e. The van der Waals surface area contributed by atoms with Gasteiger partial charge < -0.3 is 15.7 Å². The maximum atomic E-state index is 12.2. The zero-order chi connectivity index (χ0) is 13.8. The van der Waals surface area contributed by atoms with Crippen LogP contribution in [0.25, 0.3) is 0 Å². The van der Waals surface area contributed by atoms with Crippen molar-refractivity contribution in [3.8, 4) is 0 Å². The summed E-state index contributed by atoms with van der Waals surface area (Å²) < 4.78 is 1.58. The molecule has 106 valence electrons.